The van der Waals surface area contributed by atoms with Crippen molar-refractivity contribution in [3.05, 3.63) is 70.5 Å². The number of rotatable bonds is 4. The van der Waals surface area contributed by atoms with Crippen molar-refractivity contribution in [2.45, 2.75) is 19.8 Å². The number of carbonyl (C=O) groups excluding carboxylic acids is 1. The lowest BCUT2D eigenvalue weighted by molar-refractivity contribution is 0.102. The summed E-state index contributed by atoms with van der Waals surface area (Å²) in [5.41, 5.74) is 4.12. The van der Waals surface area contributed by atoms with E-state index < -0.39 is 0 Å². The first kappa shape index (κ1) is 18.6. The Bertz CT molecular complexity index is 1010. The molecule has 0 saturated carbocycles. The van der Waals surface area contributed by atoms with E-state index in [-0.39, 0.29) is 5.91 Å². The SMILES string of the molecule is Cc1cc(Br)ccc1NC(=O)c1cccc(-c2nccnc2N2CCCC2)c1. The van der Waals surface area contributed by atoms with Crippen LogP contribution in [-0.2, 0) is 0 Å². The molecule has 0 spiro atoms. The van der Waals surface area contributed by atoms with Crippen LogP contribution in [0.5, 0.6) is 0 Å². The summed E-state index contributed by atoms with van der Waals surface area (Å²) in [6, 6.07) is 13.4. The van der Waals surface area contributed by atoms with Gasteiger partial charge in [-0.15, -0.1) is 0 Å². The summed E-state index contributed by atoms with van der Waals surface area (Å²) in [6.07, 6.45) is 5.77. The van der Waals surface area contributed by atoms with Gasteiger partial charge in [-0.1, -0.05) is 28.1 Å². The van der Waals surface area contributed by atoms with E-state index >= 15 is 0 Å². The normalized spacial score (nSPS) is 13.6. The predicted molar refractivity (Wildman–Crippen MR) is 116 cm³/mol. The number of amides is 1. The Morgan fingerprint density at radius 2 is 1.86 bits per heavy atom. The average Bonchev–Trinajstić information content (AvgIpc) is 3.25. The minimum atomic E-state index is -0.140. The van der Waals surface area contributed by atoms with Gasteiger partial charge in [0.15, 0.2) is 5.82 Å². The van der Waals surface area contributed by atoms with Crippen LogP contribution in [0.2, 0.25) is 0 Å². The third-order valence-electron chi connectivity index (χ3n) is 4.92. The van der Waals surface area contributed by atoms with E-state index in [4.69, 9.17) is 0 Å². The zero-order chi connectivity index (χ0) is 19.5. The second kappa shape index (κ2) is 8.10. The highest BCUT2D eigenvalue weighted by atomic mass is 79.9. The van der Waals surface area contributed by atoms with E-state index in [0.717, 1.165) is 45.9 Å². The van der Waals surface area contributed by atoms with Gasteiger partial charge in [0.1, 0.15) is 5.69 Å². The Hall–Kier alpha value is -2.73. The fourth-order valence-corrected chi connectivity index (χ4v) is 3.94. The molecule has 0 bridgehead atoms. The molecule has 1 aliphatic rings. The molecule has 5 nitrogen and oxygen atoms in total. The zero-order valence-corrected chi connectivity index (χ0v) is 17.2. The maximum Gasteiger partial charge on any atom is 0.255 e. The number of hydrogen-bond acceptors (Lipinski definition) is 4. The summed E-state index contributed by atoms with van der Waals surface area (Å²) < 4.78 is 0.988. The first-order valence-corrected chi connectivity index (χ1v) is 10.1. The van der Waals surface area contributed by atoms with E-state index in [2.05, 4.69) is 36.1 Å². The smallest absolute Gasteiger partial charge is 0.255 e. The van der Waals surface area contributed by atoms with Gasteiger partial charge in [-0.3, -0.25) is 9.78 Å². The van der Waals surface area contributed by atoms with Crippen molar-refractivity contribution in [3.8, 4) is 11.3 Å². The van der Waals surface area contributed by atoms with Crippen LogP contribution in [0.15, 0.2) is 59.3 Å². The van der Waals surface area contributed by atoms with Crippen LogP contribution >= 0.6 is 15.9 Å². The molecule has 1 fully saturated rings. The molecule has 1 aliphatic heterocycles. The third kappa shape index (κ3) is 3.92. The molecule has 1 saturated heterocycles. The Morgan fingerprint density at radius 3 is 2.64 bits per heavy atom. The average molecular weight is 437 g/mol. The molecule has 0 atom stereocenters. The van der Waals surface area contributed by atoms with Crippen LogP contribution in [0.25, 0.3) is 11.3 Å². The lowest BCUT2D eigenvalue weighted by Gasteiger charge is -2.19. The lowest BCUT2D eigenvalue weighted by Crippen LogP contribution is -2.20. The van der Waals surface area contributed by atoms with Gasteiger partial charge in [0.2, 0.25) is 0 Å². The third-order valence-corrected chi connectivity index (χ3v) is 5.41. The van der Waals surface area contributed by atoms with E-state index in [0.29, 0.717) is 5.56 Å². The highest BCUT2D eigenvalue weighted by Gasteiger charge is 2.19. The Balaban J connectivity index is 1.62. The van der Waals surface area contributed by atoms with Crippen LogP contribution in [0, 0.1) is 6.92 Å². The monoisotopic (exact) mass is 436 g/mol. The van der Waals surface area contributed by atoms with Crippen molar-refractivity contribution in [2.24, 2.45) is 0 Å². The topological polar surface area (TPSA) is 58.1 Å². The summed E-state index contributed by atoms with van der Waals surface area (Å²) in [7, 11) is 0. The Kier molecular flexibility index (Phi) is 5.39. The molecule has 142 valence electrons. The standard InChI is InChI=1S/C22H21BrN4O/c1-15-13-18(23)7-8-19(15)26-22(28)17-6-4-5-16(14-17)20-21(25-10-9-24-20)27-11-2-3-12-27/h4-10,13-14H,2-3,11-12H2,1H3,(H,26,28). The summed E-state index contributed by atoms with van der Waals surface area (Å²) in [5.74, 6) is 0.750. The molecule has 0 unspecified atom stereocenters. The zero-order valence-electron chi connectivity index (χ0n) is 15.7. The molecule has 1 aromatic heterocycles. The lowest BCUT2D eigenvalue weighted by atomic mass is 10.1. The summed E-state index contributed by atoms with van der Waals surface area (Å²) in [4.78, 5) is 24.2. The van der Waals surface area contributed by atoms with Crippen LogP contribution in [0.3, 0.4) is 0 Å². The number of nitrogens with one attached hydrogen (secondary N) is 1. The molecule has 0 aliphatic carbocycles. The number of hydrogen-bond donors (Lipinski definition) is 1. The quantitative estimate of drug-likeness (QED) is 0.620. The van der Waals surface area contributed by atoms with E-state index in [1.54, 1.807) is 12.4 Å². The van der Waals surface area contributed by atoms with Gasteiger partial charge in [-0.25, -0.2) is 4.98 Å². The van der Waals surface area contributed by atoms with E-state index in [1.165, 1.54) is 12.8 Å². The molecule has 6 heteroatoms. The van der Waals surface area contributed by atoms with Crippen LogP contribution in [-0.4, -0.2) is 29.0 Å². The van der Waals surface area contributed by atoms with E-state index in [1.807, 2.05) is 49.4 Å². The molecule has 1 amide bonds. The maximum absolute atomic E-state index is 12.8. The first-order valence-electron chi connectivity index (χ1n) is 9.36. The second-order valence-electron chi connectivity index (χ2n) is 6.92. The Labute approximate surface area is 173 Å². The van der Waals surface area contributed by atoms with Crippen LogP contribution < -0.4 is 10.2 Å². The number of benzene rings is 2. The molecule has 2 aromatic carbocycles. The molecule has 4 rings (SSSR count). The highest BCUT2D eigenvalue weighted by Crippen LogP contribution is 2.29. The number of aryl methyl sites for hydroxylation is 1. The summed E-state index contributed by atoms with van der Waals surface area (Å²) in [5, 5.41) is 3.00. The predicted octanol–water partition coefficient (Wildman–Crippen LogP) is 5.07. The van der Waals surface area contributed by atoms with Crippen LogP contribution in [0.4, 0.5) is 11.5 Å². The number of nitrogens with zero attached hydrogens (tertiary/aromatic N) is 3. The van der Waals surface area contributed by atoms with Gasteiger partial charge >= 0.3 is 0 Å². The second-order valence-corrected chi connectivity index (χ2v) is 7.83. The molecular formula is C22H21BrN4O. The largest absolute Gasteiger partial charge is 0.355 e. The maximum atomic E-state index is 12.8. The molecule has 0 radical (unpaired) electrons. The summed E-state index contributed by atoms with van der Waals surface area (Å²) >= 11 is 3.45. The number of aromatic nitrogens is 2. The molecule has 28 heavy (non-hydrogen) atoms. The van der Waals surface area contributed by atoms with Gasteiger partial charge in [-0.05, 0) is 55.7 Å². The van der Waals surface area contributed by atoms with E-state index in [9.17, 15) is 4.79 Å². The van der Waals surface area contributed by atoms with Crippen molar-refractivity contribution in [1.82, 2.24) is 9.97 Å². The number of halogens is 1. The van der Waals surface area contributed by atoms with Crippen molar-refractivity contribution in [3.63, 3.8) is 0 Å². The van der Waals surface area contributed by atoms with Crippen molar-refractivity contribution >= 4 is 33.3 Å². The first-order chi connectivity index (χ1) is 13.6. The molecule has 1 N–H and O–H groups in total. The summed E-state index contributed by atoms with van der Waals surface area (Å²) in [6.45, 7) is 3.96. The fraction of sp³-hybridized carbons (Fsp3) is 0.227. The van der Waals surface area contributed by atoms with Gasteiger partial charge in [-0.2, -0.15) is 0 Å². The highest BCUT2D eigenvalue weighted by molar-refractivity contribution is 9.10. The minimum Gasteiger partial charge on any atom is -0.355 e. The molecule has 3 aromatic rings. The fourth-order valence-electron chi connectivity index (χ4n) is 3.46. The Morgan fingerprint density at radius 1 is 1.07 bits per heavy atom. The molecular weight excluding hydrogens is 416 g/mol. The molecule has 2 heterocycles. The van der Waals surface area contributed by atoms with Gasteiger partial charge in [0, 0.05) is 46.8 Å². The van der Waals surface area contributed by atoms with Crippen molar-refractivity contribution in [2.75, 3.05) is 23.3 Å². The van der Waals surface area contributed by atoms with Gasteiger partial charge in [0.05, 0.1) is 0 Å². The number of carbonyl (C=O) groups is 1. The minimum absolute atomic E-state index is 0.140. The number of anilines is 2. The van der Waals surface area contributed by atoms with Crippen molar-refractivity contribution in [1.29, 1.82) is 0 Å². The van der Waals surface area contributed by atoms with Crippen molar-refractivity contribution < 1.29 is 4.79 Å². The van der Waals surface area contributed by atoms with Gasteiger partial charge in [0.25, 0.3) is 5.91 Å². The van der Waals surface area contributed by atoms with Crippen LogP contribution in [0.1, 0.15) is 28.8 Å². The van der Waals surface area contributed by atoms with Gasteiger partial charge < -0.3 is 10.2 Å².